The highest BCUT2D eigenvalue weighted by Gasteiger charge is 2.16. The minimum Gasteiger partial charge on any atom is -0.508 e. The van der Waals surface area contributed by atoms with Crippen molar-refractivity contribution in [1.29, 1.82) is 0 Å². The second kappa shape index (κ2) is 5.33. The Morgan fingerprint density at radius 3 is 2.23 bits per heavy atom. The molecule has 0 saturated carbocycles. The van der Waals surface area contributed by atoms with Crippen LogP contribution in [0.25, 0.3) is 21.9 Å². The fraction of sp³-hybridized carbons (Fsp3) is 0.200. The van der Waals surface area contributed by atoms with E-state index >= 15 is 0 Å². The van der Waals surface area contributed by atoms with Gasteiger partial charge in [-0.3, -0.25) is 0 Å². The van der Waals surface area contributed by atoms with Crippen LogP contribution in [0, 0.1) is 0 Å². The summed E-state index contributed by atoms with van der Waals surface area (Å²) in [6, 6.07) is 17.8. The van der Waals surface area contributed by atoms with Crippen LogP contribution in [0.5, 0.6) is 5.75 Å². The molecule has 0 spiro atoms. The molecule has 1 N–H and O–H groups in total. The summed E-state index contributed by atoms with van der Waals surface area (Å²) in [6.45, 7) is 6.43. The molecule has 0 unspecified atom stereocenters. The Kier molecular flexibility index (Phi) is 3.62. The molecule has 2 heteroatoms. The smallest absolute Gasteiger partial charge is 0.116 e. The summed E-state index contributed by atoms with van der Waals surface area (Å²) in [5.74, 6) is 0.293. The van der Waals surface area contributed by atoms with Crippen molar-refractivity contribution in [3.8, 4) is 16.9 Å². The van der Waals surface area contributed by atoms with Crippen molar-refractivity contribution in [2.75, 3.05) is 0 Å². The van der Waals surface area contributed by atoms with Crippen LogP contribution in [-0.2, 0) is 5.41 Å². The number of aromatic hydroxyl groups is 1. The molecule has 0 saturated heterocycles. The normalized spacial score (nSPS) is 11.8. The van der Waals surface area contributed by atoms with Crippen LogP contribution in [0.2, 0.25) is 5.02 Å². The first kappa shape index (κ1) is 14.9. The molecule has 0 bridgehead atoms. The first-order valence-electron chi connectivity index (χ1n) is 7.38. The SMILES string of the molecule is CC(C)(C)c1cc(O)cc(-c2ccc(Cl)c3ccccc23)c1. The molecule has 0 aromatic heterocycles. The molecule has 0 fully saturated rings. The predicted molar refractivity (Wildman–Crippen MR) is 94.8 cm³/mol. The predicted octanol–water partition coefficient (Wildman–Crippen LogP) is 6.16. The van der Waals surface area contributed by atoms with Crippen molar-refractivity contribution < 1.29 is 5.11 Å². The quantitative estimate of drug-likeness (QED) is 0.570. The van der Waals surface area contributed by atoms with Gasteiger partial charge in [0.1, 0.15) is 5.75 Å². The fourth-order valence-corrected chi connectivity index (χ4v) is 2.94. The van der Waals surface area contributed by atoms with E-state index in [1.807, 2.05) is 42.5 Å². The van der Waals surface area contributed by atoms with Crippen LogP contribution >= 0.6 is 11.6 Å². The standard InChI is InChI=1S/C20H19ClO/c1-20(2,3)14-10-13(11-15(22)12-14)16-8-9-19(21)18-7-5-4-6-17(16)18/h4-12,22H,1-3H3. The first-order chi connectivity index (χ1) is 10.4. The fourth-order valence-electron chi connectivity index (χ4n) is 2.71. The third kappa shape index (κ3) is 2.69. The highest BCUT2D eigenvalue weighted by atomic mass is 35.5. The van der Waals surface area contributed by atoms with Crippen molar-refractivity contribution in [2.45, 2.75) is 26.2 Å². The molecule has 3 rings (SSSR count). The van der Waals surface area contributed by atoms with E-state index in [-0.39, 0.29) is 5.41 Å². The van der Waals surface area contributed by atoms with Crippen molar-refractivity contribution in [3.63, 3.8) is 0 Å². The van der Waals surface area contributed by atoms with Crippen molar-refractivity contribution in [1.82, 2.24) is 0 Å². The van der Waals surface area contributed by atoms with Gasteiger partial charge in [0.15, 0.2) is 0 Å². The summed E-state index contributed by atoms with van der Waals surface area (Å²) in [4.78, 5) is 0. The van der Waals surface area contributed by atoms with Crippen LogP contribution in [-0.4, -0.2) is 5.11 Å². The summed E-state index contributed by atoms with van der Waals surface area (Å²) in [6.07, 6.45) is 0. The van der Waals surface area contributed by atoms with E-state index in [9.17, 15) is 5.11 Å². The van der Waals surface area contributed by atoms with Gasteiger partial charge in [0, 0.05) is 10.4 Å². The largest absolute Gasteiger partial charge is 0.508 e. The lowest BCUT2D eigenvalue weighted by Crippen LogP contribution is -2.10. The average Bonchev–Trinajstić information content (AvgIpc) is 2.46. The molecule has 22 heavy (non-hydrogen) atoms. The molecule has 0 aliphatic rings. The second-order valence-corrected chi connectivity index (χ2v) is 7.07. The molecule has 112 valence electrons. The van der Waals surface area contributed by atoms with Gasteiger partial charge in [-0.1, -0.05) is 68.8 Å². The maximum Gasteiger partial charge on any atom is 0.116 e. The Morgan fingerprint density at radius 1 is 0.864 bits per heavy atom. The number of rotatable bonds is 1. The highest BCUT2D eigenvalue weighted by Crippen LogP contribution is 2.36. The van der Waals surface area contributed by atoms with Gasteiger partial charge in [0.2, 0.25) is 0 Å². The minimum atomic E-state index is -0.0181. The van der Waals surface area contributed by atoms with Gasteiger partial charge >= 0.3 is 0 Å². The zero-order valence-electron chi connectivity index (χ0n) is 13.0. The van der Waals surface area contributed by atoms with E-state index in [1.165, 1.54) is 0 Å². The number of hydrogen-bond acceptors (Lipinski definition) is 1. The molecule has 1 nitrogen and oxygen atoms in total. The Balaban J connectivity index is 2.29. The first-order valence-corrected chi connectivity index (χ1v) is 7.76. The Hall–Kier alpha value is -1.99. The molecule has 0 aliphatic heterocycles. The van der Waals surface area contributed by atoms with Gasteiger partial charge in [0.25, 0.3) is 0 Å². The molecule has 0 atom stereocenters. The van der Waals surface area contributed by atoms with E-state index in [4.69, 9.17) is 11.6 Å². The molecule has 0 radical (unpaired) electrons. The second-order valence-electron chi connectivity index (χ2n) is 6.66. The molecule has 3 aromatic carbocycles. The van der Waals surface area contributed by atoms with Gasteiger partial charge in [-0.25, -0.2) is 0 Å². The molecule has 0 amide bonds. The summed E-state index contributed by atoms with van der Waals surface area (Å²) < 4.78 is 0. The number of halogens is 1. The topological polar surface area (TPSA) is 20.2 Å². The maximum atomic E-state index is 10.1. The average molecular weight is 311 g/mol. The van der Waals surface area contributed by atoms with E-state index in [0.29, 0.717) is 5.75 Å². The third-order valence-corrected chi connectivity index (χ3v) is 4.30. The number of fused-ring (bicyclic) bond motifs is 1. The van der Waals surface area contributed by atoms with E-state index in [0.717, 1.165) is 32.5 Å². The number of benzene rings is 3. The Labute approximate surface area is 136 Å². The van der Waals surface area contributed by atoms with Gasteiger partial charge in [-0.05, 0) is 45.7 Å². The molecular weight excluding hydrogens is 292 g/mol. The lowest BCUT2D eigenvalue weighted by atomic mass is 9.84. The summed E-state index contributed by atoms with van der Waals surface area (Å²) >= 11 is 6.30. The Morgan fingerprint density at radius 2 is 1.55 bits per heavy atom. The Bertz CT molecular complexity index is 844. The number of phenols is 1. The third-order valence-electron chi connectivity index (χ3n) is 3.97. The zero-order chi connectivity index (χ0) is 15.9. The monoisotopic (exact) mass is 310 g/mol. The molecule has 0 heterocycles. The van der Waals surface area contributed by atoms with Crippen molar-refractivity contribution >= 4 is 22.4 Å². The molecule has 0 aliphatic carbocycles. The minimum absolute atomic E-state index is 0.0181. The zero-order valence-corrected chi connectivity index (χ0v) is 13.8. The lowest BCUT2D eigenvalue weighted by molar-refractivity contribution is 0.471. The summed E-state index contributed by atoms with van der Waals surface area (Å²) in [5, 5.41) is 13.0. The maximum absolute atomic E-state index is 10.1. The van der Waals surface area contributed by atoms with Crippen LogP contribution < -0.4 is 0 Å². The van der Waals surface area contributed by atoms with E-state index in [2.05, 4.69) is 32.9 Å². The molecular formula is C20H19ClO. The van der Waals surface area contributed by atoms with Crippen LogP contribution in [0.4, 0.5) is 0 Å². The summed E-state index contributed by atoms with van der Waals surface area (Å²) in [7, 11) is 0. The number of phenolic OH excluding ortho intramolecular Hbond substituents is 1. The van der Waals surface area contributed by atoms with Gasteiger partial charge < -0.3 is 5.11 Å². The molecule has 3 aromatic rings. The highest BCUT2D eigenvalue weighted by molar-refractivity contribution is 6.36. The van der Waals surface area contributed by atoms with Crippen molar-refractivity contribution in [2.24, 2.45) is 0 Å². The van der Waals surface area contributed by atoms with Gasteiger partial charge in [-0.2, -0.15) is 0 Å². The van der Waals surface area contributed by atoms with Crippen LogP contribution in [0.1, 0.15) is 26.3 Å². The van der Waals surface area contributed by atoms with E-state index in [1.54, 1.807) is 0 Å². The van der Waals surface area contributed by atoms with Crippen LogP contribution in [0.3, 0.4) is 0 Å². The van der Waals surface area contributed by atoms with E-state index < -0.39 is 0 Å². The lowest BCUT2D eigenvalue weighted by Gasteiger charge is -2.21. The van der Waals surface area contributed by atoms with Crippen LogP contribution in [0.15, 0.2) is 54.6 Å². The summed E-state index contributed by atoms with van der Waals surface area (Å²) in [5.41, 5.74) is 3.19. The van der Waals surface area contributed by atoms with Gasteiger partial charge in [0.05, 0.1) is 0 Å². The van der Waals surface area contributed by atoms with Crippen molar-refractivity contribution in [3.05, 3.63) is 65.2 Å². The number of hydrogen-bond donors (Lipinski definition) is 1. The van der Waals surface area contributed by atoms with Gasteiger partial charge in [-0.15, -0.1) is 0 Å².